The first-order valence-electron chi connectivity index (χ1n) is 6.94. The zero-order chi connectivity index (χ0) is 14.7. The van der Waals surface area contributed by atoms with Crippen molar-refractivity contribution in [2.75, 3.05) is 43.5 Å². The van der Waals surface area contributed by atoms with Crippen molar-refractivity contribution in [3.8, 4) is 0 Å². The van der Waals surface area contributed by atoms with Gasteiger partial charge in [0.05, 0.1) is 17.1 Å². The zero-order valence-electron chi connectivity index (χ0n) is 11.8. The summed E-state index contributed by atoms with van der Waals surface area (Å²) in [7, 11) is 2.14. The fourth-order valence-electron chi connectivity index (χ4n) is 2.60. The third kappa shape index (κ3) is 3.46. The van der Waals surface area contributed by atoms with Crippen LogP contribution in [0.5, 0.6) is 0 Å². The molecule has 0 aliphatic carbocycles. The molecule has 0 spiro atoms. The summed E-state index contributed by atoms with van der Waals surface area (Å²) in [4.78, 5) is 2.33. The lowest BCUT2D eigenvalue weighted by Gasteiger charge is -2.29. The SMILES string of the molecule is CN1CCC(CCNc2c(N)cc(N)c(Cl)c2F)CC1. The maximum Gasteiger partial charge on any atom is 0.169 e. The number of hydrogen-bond acceptors (Lipinski definition) is 4. The molecule has 0 amide bonds. The van der Waals surface area contributed by atoms with E-state index < -0.39 is 5.82 Å². The van der Waals surface area contributed by atoms with Crippen molar-refractivity contribution < 1.29 is 4.39 Å². The van der Waals surface area contributed by atoms with E-state index in [4.69, 9.17) is 23.1 Å². The molecule has 0 unspecified atom stereocenters. The molecule has 4 nitrogen and oxygen atoms in total. The van der Waals surface area contributed by atoms with E-state index in [1.54, 1.807) is 0 Å². The Morgan fingerprint density at radius 2 is 2.00 bits per heavy atom. The van der Waals surface area contributed by atoms with E-state index in [9.17, 15) is 4.39 Å². The first-order chi connectivity index (χ1) is 9.49. The molecule has 1 saturated heterocycles. The van der Waals surface area contributed by atoms with E-state index in [0.717, 1.165) is 19.5 Å². The molecule has 0 aromatic heterocycles. The Labute approximate surface area is 124 Å². The Hall–Kier alpha value is -1.20. The highest BCUT2D eigenvalue weighted by Crippen LogP contribution is 2.33. The van der Waals surface area contributed by atoms with E-state index in [2.05, 4.69) is 17.3 Å². The van der Waals surface area contributed by atoms with Gasteiger partial charge in [0.2, 0.25) is 0 Å². The largest absolute Gasteiger partial charge is 0.397 e. The third-order valence-corrected chi connectivity index (χ3v) is 4.34. The molecule has 1 aromatic carbocycles. The summed E-state index contributed by atoms with van der Waals surface area (Å²) in [6.45, 7) is 2.96. The van der Waals surface area contributed by atoms with Crippen molar-refractivity contribution in [2.45, 2.75) is 19.3 Å². The van der Waals surface area contributed by atoms with E-state index in [0.29, 0.717) is 18.2 Å². The minimum absolute atomic E-state index is 0.0685. The summed E-state index contributed by atoms with van der Waals surface area (Å²) in [6, 6.07) is 1.49. The quantitative estimate of drug-likeness (QED) is 0.748. The van der Waals surface area contributed by atoms with Gasteiger partial charge in [-0.3, -0.25) is 0 Å². The topological polar surface area (TPSA) is 67.3 Å². The monoisotopic (exact) mass is 300 g/mol. The standard InChI is InChI=1S/C14H22ClFN4/c1-20-6-3-9(4-7-20)2-5-19-14-11(18)8-10(17)12(15)13(14)16/h8-9,19H,2-7,17-18H2,1H3. The van der Waals surface area contributed by atoms with Gasteiger partial charge < -0.3 is 21.7 Å². The maximum absolute atomic E-state index is 14.0. The number of hydrogen-bond donors (Lipinski definition) is 3. The summed E-state index contributed by atoms with van der Waals surface area (Å²) in [6.07, 6.45) is 3.39. The van der Waals surface area contributed by atoms with Crippen molar-refractivity contribution in [1.29, 1.82) is 0 Å². The molecule has 0 radical (unpaired) electrons. The number of nitrogens with one attached hydrogen (secondary N) is 1. The van der Waals surface area contributed by atoms with Crippen LogP contribution in [0.2, 0.25) is 5.02 Å². The molecule has 2 rings (SSSR count). The van der Waals surface area contributed by atoms with Gasteiger partial charge in [0.1, 0.15) is 5.02 Å². The van der Waals surface area contributed by atoms with Gasteiger partial charge >= 0.3 is 0 Å². The van der Waals surface area contributed by atoms with Crippen molar-refractivity contribution in [3.63, 3.8) is 0 Å². The highest BCUT2D eigenvalue weighted by molar-refractivity contribution is 6.33. The first kappa shape index (κ1) is 15.2. The smallest absolute Gasteiger partial charge is 0.169 e. The molecule has 1 aliphatic heterocycles. The first-order valence-corrected chi connectivity index (χ1v) is 7.32. The number of piperidine rings is 1. The highest BCUT2D eigenvalue weighted by Gasteiger charge is 2.17. The molecule has 1 heterocycles. The van der Waals surface area contributed by atoms with Crippen LogP contribution >= 0.6 is 11.6 Å². The van der Waals surface area contributed by atoms with Crippen molar-refractivity contribution >= 4 is 28.7 Å². The van der Waals surface area contributed by atoms with Crippen LogP contribution in [-0.4, -0.2) is 31.6 Å². The molecule has 1 aliphatic rings. The van der Waals surface area contributed by atoms with Gasteiger partial charge in [0, 0.05) is 6.54 Å². The van der Waals surface area contributed by atoms with Crippen LogP contribution in [-0.2, 0) is 0 Å². The molecular formula is C14H22ClFN4. The predicted molar refractivity (Wildman–Crippen MR) is 83.6 cm³/mol. The molecule has 6 heteroatoms. The average Bonchev–Trinajstić information content (AvgIpc) is 2.42. The second-order valence-electron chi connectivity index (χ2n) is 5.52. The van der Waals surface area contributed by atoms with E-state index in [1.807, 2.05) is 0 Å². The van der Waals surface area contributed by atoms with E-state index in [1.165, 1.54) is 18.9 Å². The number of nitrogens with zero attached hydrogens (tertiary/aromatic N) is 1. The van der Waals surface area contributed by atoms with Crippen molar-refractivity contribution in [2.24, 2.45) is 5.92 Å². The minimum atomic E-state index is -0.562. The van der Waals surface area contributed by atoms with Gasteiger partial charge in [-0.2, -0.15) is 0 Å². The van der Waals surface area contributed by atoms with Gasteiger partial charge in [-0.25, -0.2) is 4.39 Å². The Kier molecular flexibility index (Phi) is 4.94. The number of nitrogen functional groups attached to an aromatic ring is 2. The molecule has 0 saturated carbocycles. The summed E-state index contributed by atoms with van der Waals surface area (Å²) in [5.41, 5.74) is 12.1. The summed E-state index contributed by atoms with van der Waals surface area (Å²) in [5.74, 6) is 0.125. The van der Waals surface area contributed by atoms with Gasteiger partial charge in [-0.1, -0.05) is 11.6 Å². The molecule has 1 aromatic rings. The number of rotatable bonds is 4. The average molecular weight is 301 g/mol. The summed E-state index contributed by atoms with van der Waals surface area (Å²) in [5, 5.41) is 2.99. The predicted octanol–water partition coefficient (Wildman–Crippen LogP) is 2.79. The molecule has 0 bridgehead atoms. The lowest BCUT2D eigenvalue weighted by molar-refractivity contribution is 0.215. The molecular weight excluding hydrogens is 279 g/mol. The Morgan fingerprint density at radius 3 is 2.65 bits per heavy atom. The lowest BCUT2D eigenvalue weighted by Crippen LogP contribution is -2.30. The van der Waals surface area contributed by atoms with Crippen LogP contribution < -0.4 is 16.8 Å². The molecule has 0 atom stereocenters. The summed E-state index contributed by atoms with van der Waals surface area (Å²) >= 11 is 5.80. The van der Waals surface area contributed by atoms with Gasteiger partial charge in [0.25, 0.3) is 0 Å². The number of anilines is 3. The zero-order valence-corrected chi connectivity index (χ0v) is 12.5. The number of likely N-dealkylation sites (tertiary alicyclic amines) is 1. The van der Waals surface area contributed by atoms with E-state index in [-0.39, 0.29) is 16.4 Å². The molecule has 5 N–H and O–H groups in total. The van der Waals surface area contributed by atoms with Gasteiger partial charge in [0.15, 0.2) is 5.82 Å². The highest BCUT2D eigenvalue weighted by atomic mass is 35.5. The van der Waals surface area contributed by atoms with Crippen LogP contribution in [0.25, 0.3) is 0 Å². The Bertz CT molecular complexity index is 473. The van der Waals surface area contributed by atoms with Gasteiger partial charge in [-0.15, -0.1) is 0 Å². The maximum atomic E-state index is 14.0. The fourth-order valence-corrected chi connectivity index (χ4v) is 2.75. The molecule has 112 valence electrons. The molecule has 20 heavy (non-hydrogen) atoms. The Balaban J connectivity index is 1.90. The van der Waals surface area contributed by atoms with Crippen molar-refractivity contribution in [1.82, 2.24) is 4.90 Å². The van der Waals surface area contributed by atoms with Crippen LogP contribution in [0.3, 0.4) is 0 Å². The second-order valence-corrected chi connectivity index (χ2v) is 5.90. The lowest BCUT2D eigenvalue weighted by atomic mass is 9.94. The fraction of sp³-hybridized carbons (Fsp3) is 0.571. The molecule has 1 fully saturated rings. The minimum Gasteiger partial charge on any atom is -0.397 e. The second kappa shape index (κ2) is 6.50. The van der Waals surface area contributed by atoms with Crippen LogP contribution in [0.15, 0.2) is 6.07 Å². The number of halogens is 2. The number of benzene rings is 1. The normalized spacial score (nSPS) is 17.4. The van der Waals surface area contributed by atoms with E-state index >= 15 is 0 Å². The van der Waals surface area contributed by atoms with Gasteiger partial charge in [-0.05, 0) is 51.4 Å². The Morgan fingerprint density at radius 1 is 1.35 bits per heavy atom. The van der Waals surface area contributed by atoms with Crippen molar-refractivity contribution in [3.05, 3.63) is 16.9 Å². The number of nitrogens with two attached hydrogens (primary N) is 2. The van der Waals surface area contributed by atoms with Crippen LogP contribution in [0.1, 0.15) is 19.3 Å². The summed E-state index contributed by atoms with van der Waals surface area (Å²) < 4.78 is 14.0. The van der Waals surface area contributed by atoms with Crippen LogP contribution in [0, 0.1) is 11.7 Å². The van der Waals surface area contributed by atoms with Crippen LogP contribution in [0.4, 0.5) is 21.5 Å². The third-order valence-electron chi connectivity index (χ3n) is 3.96.